The Labute approximate surface area is 122 Å². The first-order chi connectivity index (χ1) is 9.83. The molecule has 0 bridgehead atoms. The van der Waals surface area contributed by atoms with E-state index in [1.54, 1.807) is 0 Å². The van der Waals surface area contributed by atoms with Gasteiger partial charge in [-0.2, -0.15) is 0 Å². The first kappa shape index (κ1) is 15.6. The second-order valence-electron chi connectivity index (χ2n) is 4.95. The average molecular weight is 315 g/mol. The van der Waals surface area contributed by atoms with Crippen molar-refractivity contribution in [3.8, 4) is 0 Å². The van der Waals surface area contributed by atoms with Gasteiger partial charge in [0.1, 0.15) is 0 Å². The maximum absolute atomic E-state index is 12.4. The summed E-state index contributed by atoms with van der Waals surface area (Å²) < 4.78 is 27.3. The molecule has 1 heterocycles. The number of rotatable bonds is 5. The number of nitro benzene ring substituents is 1. The summed E-state index contributed by atoms with van der Waals surface area (Å²) in [5.74, 6) is 5.23. The molecule has 1 aliphatic rings. The lowest BCUT2D eigenvalue weighted by molar-refractivity contribution is -0.387. The monoisotopic (exact) mass is 315 g/mol. The van der Waals surface area contributed by atoms with E-state index in [-0.39, 0.29) is 11.7 Å². The topological polar surface area (TPSA) is 131 Å². The molecule has 1 aliphatic heterocycles. The molecule has 0 saturated carbocycles. The fourth-order valence-corrected chi connectivity index (χ4v) is 3.74. The van der Waals surface area contributed by atoms with Crippen LogP contribution in [0.4, 0.5) is 11.4 Å². The largest absolute Gasteiger partial charge is 0.324 e. The van der Waals surface area contributed by atoms with Crippen molar-refractivity contribution in [2.75, 3.05) is 25.6 Å². The summed E-state index contributed by atoms with van der Waals surface area (Å²) in [6, 6.07) is 3.36. The van der Waals surface area contributed by atoms with Gasteiger partial charge in [-0.1, -0.05) is 0 Å². The van der Waals surface area contributed by atoms with Crippen molar-refractivity contribution >= 4 is 21.4 Å². The van der Waals surface area contributed by atoms with Gasteiger partial charge in [-0.05, 0) is 32.1 Å². The van der Waals surface area contributed by atoms with E-state index in [0.717, 1.165) is 18.7 Å². The van der Waals surface area contributed by atoms with E-state index in [4.69, 9.17) is 5.84 Å². The Hall–Kier alpha value is -1.75. The highest BCUT2D eigenvalue weighted by molar-refractivity contribution is 7.89. The molecular formula is C11H17N5O4S. The lowest BCUT2D eigenvalue weighted by Crippen LogP contribution is -2.36. The first-order valence-corrected chi connectivity index (χ1v) is 7.78. The predicted octanol–water partition coefficient (Wildman–Crippen LogP) is -0.137. The molecule has 1 aromatic rings. The number of likely N-dealkylation sites (tertiary alicyclic amines) is 1. The lowest BCUT2D eigenvalue weighted by Gasteiger charge is -2.14. The molecule has 9 nitrogen and oxygen atoms in total. The molecule has 0 aliphatic carbocycles. The molecule has 1 atom stereocenters. The van der Waals surface area contributed by atoms with Crippen LogP contribution in [0.1, 0.15) is 6.42 Å². The van der Waals surface area contributed by atoms with Crippen LogP contribution in [-0.2, 0) is 10.0 Å². The normalized spacial score (nSPS) is 19.6. The number of hydrogen-bond acceptors (Lipinski definition) is 7. The van der Waals surface area contributed by atoms with Crippen LogP contribution in [0.3, 0.4) is 0 Å². The molecule has 4 N–H and O–H groups in total. The highest BCUT2D eigenvalue weighted by Crippen LogP contribution is 2.27. The minimum atomic E-state index is -3.99. The minimum Gasteiger partial charge on any atom is -0.324 e. The number of nitro groups is 1. The van der Waals surface area contributed by atoms with E-state index < -0.39 is 25.5 Å². The molecule has 1 unspecified atom stereocenters. The molecule has 1 saturated heterocycles. The van der Waals surface area contributed by atoms with Gasteiger partial charge in [0.15, 0.2) is 4.90 Å². The summed E-state index contributed by atoms with van der Waals surface area (Å²) in [5.41, 5.74) is 2.09. The van der Waals surface area contributed by atoms with E-state index in [9.17, 15) is 18.5 Å². The number of benzene rings is 1. The second kappa shape index (κ2) is 5.93. The number of sulfonamides is 1. The van der Waals surface area contributed by atoms with Crippen LogP contribution < -0.4 is 16.0 Å². The third kappa shape index (κ3) is 3.47. The molecular weight excluding hydrogens is 298 g/mol. The lowest BCUT2D eigenvalue weighted by atomic mass is 10.3. The van der Waals surface area contributed by atoms with Gasteiger partial charge in [-0.3, -0.25) is 16.0 Å². The Balaban J connectivity index is 2.36. The number of likely N-dealkylation sites (N-methyl/N-ethyl adjacent to an activating group) is 1. The molecule has 0 amide bonds. The quantitative estimate of drug-likeness (QED) is 0.391. The number of nitrogens with zero attached hydrogens (tertiary/aromatic N) is 2. The van der Waals surface area contributed by atoms with Gasteiger partial charge < -0.3 is 10.3 Å². The summed E-state index contributed by atoms with van der Waals surface area (Å²) in [7, 11) is -2.10. The third-order valence-corrected chi connectivity index (χ3v) is 4.88. The highest BCUT2D eigenvalue weighted by atomic mass is 32.2. The molecule has 0 aromatic heterocycles. The van der Waals surface area contributed by atoms with Gasteiger partial charge in [-0.25, -0.2) is 13.1 Å². The summed E-state index contributed by atoms with van der Waals surface area (Å²) in [6.45, 7) is 1.35. The van der Waals surface area contributed by atoms with Crippen molar-refractivity contribution < 1.29 is 13.3 Å². The number of nitrogens with one attached hydrogen (secondary N) is 2. The van der Waals surface area contributed by atoms with Crippen molar-refractivity contribution in [3.05, 3.63) is 28.3 Å². The SMILES string of the molecule is CN1CCC(NS(=O)(=O)c2cc(NN)ccc2[N+](=O)[O-])C1. The van der Waals surface area contributed by atoms with Gasteiger partial charge in [0.25, 0.3) is 5.69 Å². The summed E-state index contributed by atoms with van der Waals surface area (Å²) in [4.78, 5) is 11.9. The van der Waals surface area contributed by atoms with Gasteiger partial charge in [-0.15, -0.1) is 0 Å². The molecule has 0 radical (unpaired) electrons. The fraction of sp³-hybridized carbons (Fsp3) is 0.455. The van der Waals surface area contributed by atoms with Crippen LogP contribution in [0.5, 0.6) is 0 Å². The van der Waals surface area contributed by atoms with Crippen LogP contribution in [0.2, 0.25) is 0 Å². The van der Waals surface area contributed by atoms with E-state index in [0.29, 0.717) is 13.0 Å². The van der Waals surface area contributed by atoms with Gasteiger partial charge in [0.05, 0.1) is 10.6 Å². The predicted molar refractivity (Wildman–Crippen MR) is 77.1 cm³/mol. The van der Waals surface area contributed by atoms with E-state index in [1.165, 1.54) is 6.07 Å². The Kier molecular flexibility index (Phi) is 4.42. The third-order valence-electron chi connectivity index (χ3n) is 3.33. The number of hydrazine groups is 1. The zero-order valence-corrected chi connectivity index (χ0v) is 12.3. The van der Waals surface area contributed by atoms with Gasteiger partial charge in [0, 0.05) is 18.7 Å². The Morgan fingerprint density at radius 1 is 1.48 bits per heavy atom. The van der Waals surface area contributed by atoms with Gasteiger partial charge in [0.2, 0.25) is 10.0 Å². The summed E-state index contributed by atoms with van der Waals surface area (Å²) in [5, 5.41) is 11.0. The molecule has 1 fully saturated rings. The Morgan fingerprint density at radius 2 is 2.19 bits per heavy atom. The molecule has 1 aromatic carbocycles. The molecule has 2 rings (SSSR count). The van der Waals surface area contributed by atoms with Crippen LogP contribution >= 0.6 is 0 Å². The fourth-order valence-electron chi connectivity index (χ4n) is 2.28. The number of anilines is 1. The number of nitrogen functional groups attached to an aromatic ring is 1. The van der Waals surface area contributed by atoms with Crippen LogP contribution in [0, 0.1) is 10.1 Å². The maximum atomic E-state index is 12.4. The van der Waals surface area contributed by atoms with Crippen molar-refractivity contribution in [1.82, 2.24) is 9.62 Å². The van der Waals surface area contributed by atoms with Crippen molar-refractivity contribution in [2.24, 2.45) is 5.84 Å². The first-order valence-electron chi connectivity index (χ1n) is 6.29. The Morgan fingerprint density at radius 3 is 2.71 bits per heavy atom. The second-order valence-corrected chi connectivity index (χ2v) is 6.64. The van der Waals surface area contributed by atoms with Crippen molar-refractivity contribution in [3.63, 3.8) is 0 Å². The maximum Gasteiger partial charge on any atom is 0.289 e. The van der Waals surface area contributed by atoms with Crippen molar-refractivity contribution in [1.29, 1.82) is 0 Å². The van der Waals surface area contributed by atoms with Gasteiger partial charge >= 0.3 is 0 Å². The van der Waals surface area contributed by atoms with Crippen LogP contribution in [0.15, 0.2) is 23.1 Å². The molecule has 10 heteroatoms. The zero-order valence-electron chi connectivity index (χ0n) is 11.4. The Bertz CT molecular complexity index is 648. The molecule has 116 valence electrons. The van der Waals surface area contributed by atoms with Crippen LogP contribution in [0.25, 0.3) is 0 Å². The number of nitrogens with two attached hydrogens (primary N) is 1. The molecule has 0 spiro atoms. The van der Waals surface area contributed by atoms with Crippen LogP contribution in [-0.4, -0.2) is 44.4 Å². The number of hydrogen-bond donors (Lipinski definition) is 3. The smallest absolute Gasteiger partial charge is 0.289 e. The average Bonchev–Trinajstić information content (AvgIpc) is 2.82. The summed E-state index contributed by atoms with van der Waals surface area (Å²) >= 11 is 0. The zero-order chi connectivity index (χ0) is 15.6. The van der Waals surface area contributed by atoms with Crippen molar-refractivity contribution in [2.45, 2.75) is 17.4 Å². The minimum absolute atomic E-state index is 0.255. The highest BCUT2D eigenvalue weighted by Gasteiger charge is 2.30. The summed E-state index contributed by atoms with van der Waals surface area (Å²) in [6.07, 6.45) is 0.665. The van der Waals surface area contributed by atoms with E-state index >= 15 is 0 Å². The molecule has 21 heavy (non-hydrogen) atoms. The van der Waals surface area contributed by atoms with E-state index in [1.807, 2.05) is 11.9 Å². The van der Waals surface area contributed by atoms with E-state index in [2.05, 4.69) is 10.1 Å². The standard InChI is InChI=1S/C11H17N5O4S/c1-15-5-4-9(7-15)14-21(19,20)11-6-8(13-12)2-3-10(11)16(17)18/h2-3,6,9,13-14H,4-5,7,12H2,1H3.